The number of hydrogen-bond acceptors (Lipinski definition) is 3. The summed E-state index contributed by atoms with van der Waals surface area (Å²) in [4.78, 5) is 0.346. The Hall–Kier alpha value is -0.140. The summed E-state index contributed by atoms with van der Waals surface area (Å²) < 4.78 is 23.9. The molecule has 13 heavy (non-hydrogen) atoms. The molecule has 0 unspecified atom stereocenters. The topological polar surface area (TPSA) is 60.2 Å². The van der Waals surface area contributed by atoms with Gasteiger partial charge in [0.1, 0.15) is 0 Å². The molecule has 0 aromatic heterocycles. The lowest BCUT2D eigenvalue weighted by atomic mass is 10.4. The van der Waals surface area contributed by atoms with E-state index in [0.29, 0.717) is 4.90 Å². The van der Waals surface area contributed by atoms with Crippen molar-refractivity contribution in [3.05, 3.63) is 27.8 Å². The SMILES string of the molecule is NCCS(=O)(=O)c1ccc(I)cc1. The van der Waals surface area contributed by atoms with Gasteiger partial charge in [-0.05, 0) is 46.9 Å². The Bertz CT molecular complexity index is 372. The molecule has 5 heteroatoms. The molecule has 0 aliphatic rings. The van der Waals surface area contributed by atoms with Crippen LogP contribution in [0.25, 0.3) is 0 Å². The zero-order chi connectivity index (χ0) is 9.90. The summed E-state index contributed by atoms with van der Waals surface area (Å²) in [5, 5.41) is 0. The lowest BCUT2D eigenvalue weighted by Gasteiger charge is -2.01. The van der Waals surface area contributed by atoms with Crippen molar-refractivity contribution in [2.24, 2.45) is 5.73 Å². The van der Waals surface area contributed by atoms with Crippen molar-refractivity contribution in [1.29, 1.82) is 0 Å². The maximum absolute atomic E-state index is 11.5. The molecule has 0 bridgehead atoms. The third-order valence-corrected chi connectivity index (χ3v) is 4.04. The van der Waals surface area contributed by atoms with Gasteiger partial charge in [-0.1, -0.05) is 0 Å². The molecular weight excluding hydrogens is 301 g/mol. The Labute approximate surface area is 91.4 Å². The normalized spacial score (nSPS) is 11.5. The first-order valence-corrected chi connectivity index (χ1v) is 6.48. The first-order valence-electron chi connectivity index (χ1n) is 3.74. The van der Waals surface area contributed by atoms with E-state index in [-0.39, 0.29) is 12.3 Å². The quantitative estimate of drug-likeness (QED) is 0.848. The van der Waals surface area contributed by atoms with Gasteiger partial charge >= 0.3 is 0 Å². The number of rotatable bonds is 3. The fraction of sp³-hybridized carbons (Fsp3) is 0.250. The standard InChI is InChI=1S/C8H10INO2S/c9-7-1-3-8(4-2-7)13(11,12)6-5-10/h1-4H,5-6,10H2. The fourth-order valence-corrected chi connectivity index (χ4v) is 2.37. The first-order chi connectivity index (χ1) is 6.06. The highest BCUT2D eigenvalue weighted by atomic mass is 127. The molecule has 0 saturated heterocycles. The Morgan fingerprint density at radius 1 is 1.23 bits per heavy atom. The molecule has 1 rings (SSSR count). The van der Waals surface area contributed by atoms with Crippen molar-refractivity contribution in [3.63, 3.8) is 0 Å². The highest BCUT2D eigenvalue weighted by molar-refractivity contribution is 14.1. The summed E-state index contributed by atoms with van der Waals surface area (Å²) in [5.74, 6) is 0.00753. The van der Waals surface area contributed by atoms with Crippen molar-refractivity contribution in [1.82, 2.24) is 0 Å². The summed E-state index contributed by atoms with van der Waals surface area (Å²) in [7, 11) is -3.16. The molecule has 0 atom stereocenters. The number of nitrogens with two attached hydrogens (primary N) is 1. The first kappa shape index (κ1) is 10.9. The molecule has 0 radical (unpaired) electrons. The van der Waals surface area contributed by atoms with Gasteiger partial charge in [0.15, 0.2) is 9.84 Å². The Morgan fingerprint density at radius 2 is 1.77 bits per heavy atom. The molecule has 2 N–H and O–H groups in total. The third kappa shape index (κ3) is 2.92. The average molecular weight is 311 g/mol. The van der Waals surface area contributed by atoms with Crippen LogP contribution in [0.5, 0.6) is 0 Å². The summed E-state index contributed by atoms with van der Waals surface area (Å²) in [6, 6.07) is 6.74. The van der Waals surface area contributed by atoms with E-state index in [4.69, 9.17) is 5.73 Å². The van der Waals surface area contributed by atoms with Crippen molar-refractivity contribution in [2.75, 3.05) is 12.3 Å². The maximum atomic E-state index is 11.5. The molecule has 0 fully saturated rings. The van der Waals surface area contributed by atoms with E-state index in [1.54, 1.807) is 24.3 Å². The Balaban J connectivity index is 3.02. The second kappa shape index (κ2) is 4.39. The highest BCUT2D eigenvalue weighted by Crippen LogP contribution is 2.12. The van der Waals surface area contributed by atoms with Crippen LogP contribution in [0.15, 0.2) is 29.2 Å². The lowest BCUT2D eigenvalue weighted by Crippen LogP contribution is -2.15. The molecule has 0 aliphatic carbocycles. The van der Waals surface area contributed by atoms with Gasteiger partial charge in [-0.15, -0.1) is 0 Å². The number of hydrogen-bond donors (Lipinski definition) is 1. The van der Waals surface area contributed by atoms with Crippen LogP contribution >= 0.6 is 22.6 Å². The van der Waals surface area contributed by atoms with E-state index in [0.717, 1.165) is 3.57 Å². The molecule has 0 heterocycles. The zero-order valence-corrected chi connectivity index (χ0v) is 9.88. The average Bonchev–Trinajstić information content (AvgIpc) is 2.05. The van der Waals surface area contributed by atoms with Crippen molar-refractivity contribution >= 4 is 32.4 Å². The summed E-state index contributed by atoms with van der Waals surface area (Å²) in [6.07, 6.45) is 0. The molecule has 0 aliphatic heterocycles. The van der Waals surface area contributed by atoms with Gasteiger partial charge in [0.2, 0.25) is 0 Å². The third-order valence-electron chi connectivity index (χ3n) is 1.56. The van der Waals surface area contributed by atoms with Crippen molar-refractivity contribution in [3.8, 4) is 0 Å². The number of sulfone groups is 1. The molecule has 0 spiro atoms. The molecule has 0 saturated carbocycles. The largest absolute Gasteiger partial charge is 0.329 e. The summed E-state index contributed by atoms with van der Waals surface area (Å²) in [5.41, 5.74) is 5.20. The molecule has 72 valence electrons. The van der Waals surface area contributed by atoms with Crippen LogP contribution in [0.1, 0.15) is 0 Å². The van der Waals surface area contributed by atoms with Gasteiger partial charge in [0.25, 0.3) is 0 Å². The van der Waals surface area contributed by atoms with E-state index in [1.165, 1.54) is 0 Å². The minimum atomic E-state index is -3.16. The fourth-order valence-electron chi connectivity index (χ4n) is 0.915. The lowest BCUT2D eigenvalue weighted by molar-refractivity contribution is 0.596. The molecule has 0 amide bonds. The number of benzene rings is 1. The molecule has 1 aromatic rings. The van der Waals surface area contributed by atoms with Crippen molar-refractivity contribution < 1.29 is 8.42 Å². The minimum Gasteiger partial charge on any atom is -0.329 e. The van der Waals surface area contributed by atoms with Gasteiger partial charge in [-0.3, -0.25) is 0 Å². The van der Waals surface area contributed by atoms with Gasteiger partial charge in [0.05, 0.1) is 10.6 Å². The monoisotopic (exact) mass is 311 g/mol. The molecule has 3 nitrogen and oxygen atoms in total. The van der Waals surface area contributed by atoms with Crippen LogP contribution in [0.4, 0.5) is 0 Å². The van der Waals surface area contributed by atoms with Crippen LogP contribution in [-0.4, -0.2) is 20.7 Å². The molecular formula is C8H10INO2S. The van der Waals surface area contributed by atoms with E-state index in [1.807, 2.05) is 0 Å². The van der Waals surface area contributed by atoms with Crippen LogP contribution in [0.2, 0.25) is 0 Å². The summed E-state index contributed by atoms with van der Waals surface area (Å²) >= 11 is 2.13. The smallest absolute Gasteiger partial charge is 0.179 e. The van der Waals surface area contributed by atoms with Crippen LogP contribution in [0, 0.1) is 3.57 Å². The Morgan fingerprint density at radius 3 is 2.23 bits per heavy atom. The highest BCUT2D eigenvalue weighted by Gasteiger charge is 2.11. The van der Waals surface area contributed by atoms with Gasteiger partial charge < -0.3 is 5.73 Å². The van der Waals surface area contributed by atoms with Gasteiger partial charge in [-0.25, -0.2) is 8.42 Å². The second-order valence-electron chi connectivity index (χ2n) is 2.56. The van der Waals surface area contributed by atoms with E-state index < -0.39 is 9.84 Å². The maximum Gasteiger partial charge on any atom is 0.179 e. The predicted molar refractivity (Wildman–Crippen MR) is 60.3 cm³/mol. The van der Waals surface area contributed by atoms with Crippen LogP contribution in [0.3, 0.4) is 0 Å². The summed E-state index contributed by atoms with van der Waals surface area (Å²) in [6.45, 7) is 0.161. The second-order valence-corrected chi connectivity index (χ2v) is 5.92. The minimum absolute atomic E-state index is 0.00753. The number of halogens is 1. The molecule has 1 aromatic carbocycles. The van der Waals surface area contributed by atoms with E-state index >= 15 is 0 Å². The zero-order valence-electron chi connectivity index (χ0n) is 6.90. The van der Waals surface area contributed by atoms with Gasteiger partial charge in [0, 0.05) is 10.1 Å². The van der Waals surface area contributed by atoms with Crippen LogP contribution in [-0.2, 0) is 9.84 Å². The predicted octanol–water partition coefficient (Wildman–Crippen LogP) is 1.02. The van der Waals surface area contributed by atoms with Crippen LogP contribution < -0.4 is 5.73 Å². The van der Waals surface area contributed by atoms with Crippen molar-refractivity contribution in [2.45, 2.75) is 4.90 Å². The van der Waals surface area contributed by atoms with E-state index in [9.17, 15) is 8.42 Å². The van der Waals surface area contributed by atoms with Gasteiger partial charge in [-0.2, -0.15) is 0 Å². The van der Waals surface area contributed by atoms with E-state index in [2.05, 4.69) is 22.6 Å². The Kier molecular flexibility index (Phi) is 3.69.